The molecule has 0 unspecified atom stereocenters. The Morgan fingerprint density at radius 2 is 1.95 bits per heavy atom. The van der Waals surface area contributed by atoms with Gasteiger partial charge in [0.2, 0.25) is 5.91 Å². The molecule has 0 bridgehead atoms. The molecule has 4 aromatic rings. The van der Waals surface area contributed by atoms with Crippen molar-refractivity contribution in [3.8, 4) is 11.1 Å². The van der Waals surface area contributed by atoms with E-state index in [-0.39, 0.29) is 35.4 Å². The number of amides is 2. The quantitative estimate of drug-likeness (QED) is 0.388. The number of nitrogens with zero attached hydrogens (tertiary/aromatic N) is 4. The van der Waals surface area contributed by atoms with Crippen LogP contribution in [0.4, 0.5) is 0 Å². The minimum atomic E-state index is -0.365. The van der Waals surface area contributed by atoms with E-state index in [0.29, 0.717) is 17.1 Å². The van der Waals surface area contributed by atoms with Crippen LogP contribution in [0, 0.1) is 5.41 Å². The third-order valence-electron chi connectivity index (χ3n) is 8.08. The number of aromatic amines is 1. The van der Waals surface area contributed by atoms with E-state index in [1.54, 1.807) is 37.5 Å². The minimum Gasteiger partial charge on any atom is -0.347 e. The van der Waals surface area contributed by atoms with Gasteiger partial charge in [-0.15, -0.1) is 0 Å². The molecule has 2 aliphatic rings. The lowest BCUT2D eigenvalue weighted by molar-refractivity contribution is -0.157. The first-order chi connectivity index (χ1) is 18.7. The summed E-state index contributed by atoms with van der Waals surface area (Å²) in [6, 6.07) is 12.7. The highest BCUT2D eigenvalue weighted by atomic mass is 35.5. The molecule has 1 fully saturated rings. The number of hydrogen-bond donors (Lipinski definition) is 2. The lowest BCUT2D eigenvalue weighted by atomic mass is 9.72. The molecule has 1 saturated heterocycles. The molecule has 9 heteroatoms. The Balaban J connectivity index is 1.29. The zero-order chi connectivity index (χ0) is 27.5. The molecule has 200 valence electrons. The maximum absolute atomic E-state index is 13.5. The Morgan fingerprint density at radius 1 is 1.13 bits per heavy atom. The van der Waals surface area contributed by atoms with Crippen LogP contribution in [0.3, 0.4) is 0 Å². The van der Waals surface area contributed by atoms with E-state index in [1.807, 2.05) is 36.5 Å². The van der Waals surface area contributed by atoms with Crippen LogP contribution in [0.5, 0.6) is 0 Å². The van der Waals surface area contributed by atoms with Crippen LogP contribution in [0.2, 0.25) is 5.02 Å². The van der Waals surface area contributed by atoms with Crippen molar-refractivity contribution in [2.75, 3.05) is 20.6 Å². The summed E-state index contributed by atoms with van der Waals surface area (Å²) in [6.07, 6.45) is 6.03. The van der Waals surface area contributed by atoms with Crippen LogP contribution in [0.25, 0.3) is 22.2 Å². The second kappa shape index (κ2) is 9.47. The van der Waals surface area contributed by atoms with Crippen molar-refractivity contribution in [2.24, 2.45) is 5.41 Å². The molecule has 1 aromatic carbocycles. The highest BCUT2D eigenvalue weighted by molar-refractivity contribution is 6.31. The van der Waals surface area contributed by atoms with E-state index in [2.05, 4.69) is 45.1 Å². The van der Waals surface area contributed by atoms with Crippen molar-refractivity contribution in [1.82, 2.24) is 30.1 Å². The smallest absolute Gasteiger partial charge is 0.270 e. The van der Waals surface area contributed by atoms with E-state index in [1.165, 1.54) is 0 Å². The molecule has 39 heavy (non-hydrogen) atoms. The maximum atomic E-state index is 13.5. The van der Waals surface area contributed by atoms with Crippen molar-refractivity contribution >= 4 is 34.4 Å². The fourth-order valence-corrected chi connectivity index (χ4v) is 6.56. The summed E-state index contributed by atoms with van der Waals surface area (Å²) in [4.78, 5) is 42.6. The summed E-state index contributed by atoms with van der Waals surface area (Å²) in [5.74, 6) is -0.204. The standard InChI is InChI=1S/C30H31ClN6O2/c1-30(2)16-37(26(30)29(39)36(3)4)23-14-17-6-5-7-21(31)24(17)25(23)35-28(38)22-9-8-18(15-34-22)19-10-12-32-27-20(19)11-13-33-27/h5-13,15,23,25-26H,14,16H2,1-4H3,(H,32,33)(H,35,38)/t23-,25+,26-/m1/s1. The Morgan fingerprint density at radius 3 is 2.67 bits per heavy atom. The van der Waals surface area contributed by atoms with E-state index in [9.17, 15) is 9.59 Å². The first kappa shape index (κ1) is 25.5. The van der Waals surface area contributed by atoms with E-state index < -0.39 is 0 Å². The lowest BCUT2D eigenvalue weighted by Gasteiger charge is -2.57. The summed E-state index contributed by atoms with van der Waals surface area (Å²) in [7, 11) is 3.58. The molecule has 0 radical (unpaired) electrons. The van der Waals surface area contributed by atoms with Crippen LogP contribution >= 0.6 is 11.6 Å². The molecular weight excluding hydrogens is 512 g/mol. The molecule has 0 saturated carbocycles. The lowest BCUT2D eigenvalue weighted by Crippen LogP contribution is -2.71. The highest BCUT2D eigenvalue weighted by Crippen LogP contribution is 2.47. The summed E-state index contributed by atoms with van der Waals surface area (Å²) in [5.41, 5.74) is 4.87. The van der Waals surface area contributed by atoms with Gasteiger partial charge in [-0.05, 0) is 47.4 Å². The number of fused-ring (bicyclic) bond motifs is 2. The second-order valence-corrected chi connectivity index (χ2v) is 11.8. The van der Waals surface area contributed by atoms with Gasteiger partial charge in [0, 0.05) is 66.7 Å². The number of hydrogen-bond acceptors (Lipinski definition) is 5. The fourth-order valence-electron chi connectivity index (χ4n) is 6.25. The number of benzene rings is 1. The van der Waals surface area contributed by atoms with E-state index in [4.69, 9.17) is 11.6 Å². The second-order valence-electron chi connectivity index (χ2n) is 11.4. The van der Waals surface area contributed by atoms with Gasteiger partial charge in [-0.3, -0.25) is 19.5 Å². The molecule has 2 N–H and O–H groups in total. The number of rotatable bonds is 5. The van der Waals surface area contributed by atoms with Gasteiger partial charge in [-0.25, -0.2) is 4.98 Å². The largest absolute Gasteiger partial charge is 0.347 e. The number of likely N-dealkylation sites (tertiary alicyclic amines) is 1. The zero-order valence-corrected chi connectivity index (χ0v) is 23.2. The molecule has 8 nitrogen and oxygen atoms in total. The zero-order valence-electron chi connectivity index (χ0n) is 22.4. The van der Waals surface area contributed by atoms with Crippen molar-refractivity contribution in [2.45, 2.75) is 38.4 Å². The van der Waals surface area contributed by atoms with Gasteiger partial charge in [-0.1, -0.05) is 43.6 Å². The average Bonchev–Trinajstić information content (AvgIpc) is 3.53. The molecule has 3 aromatic heterocycles. The van der Waals surface area contributed by atoms with Gasteiger partial charge >= 0.3 is 0 Å². The molecule has 3 atom stereocenters. The van der Waals surface area contributed by atoms with E-state index >= 15 is 0 Å². The summed E-state index contributed by atoms with van der Waals surface area (Å²) in [5, 5.41) is 4.84. The van der Waals surface area contributed by atoms with Crippen molar-refractivity contribution in [1.29, 1.82) is 0 Å². The SMILES string of the molecule is CN(C)C(=O)[C@H]1N([C@@H]2Cc3cccc(Cl)c3[C@H]2NC(=O)c2ccc(-c3ccnc4[nH]ccc34)cn2)CC1(C)C. The van der Waals surface area contributed by atoms with Gasteiger partial charge in [0.25, 0.3) is 5.91 Å². The van der Waals surface area contributed by atoms with Crippen LogP contribution in [0.1, 0.15) is 41.5 Å². The molecule has 0 spiro atoms. The van der Waals surface area contributed by atoms with Gasteiger partial charge in [0.05, 0.1) is 12.1 Å². The molecular formula is C30H31ClN6O2. The van der Waals surface area contributed by atoms with Crippen LogP contribution in [-0.2, 0) is 11.2 Å². The van der Waals surface area contributed by atoms with Crippen molar-refractivity contribution in [3.05, 3.63) is 82.9 Å². The van der Waals surface area contributed by atoms with E-state index in [0.717, 1.165) is 39.8 Å². The van der Waals surface area contributed by atoms with Crippen LogP contribution in [0.15, 0.2) is 61.1 Å². The molecule has 1 aliphatic carbocycles. The number of carbonyl (C=O) groups excluding carboxylic acids is 2. The number of H-pyrrole nitrogens is 1. The topological polar surface area (TPSA) is 94.2 Å². The monoisotopic (exact) mass is 542 g/mol. The Kier molecular flexibility index (Phi) is 6.19. The number of pyridine rings is 2. The number of nitrogens with one attached hydrogen (secondary N) is 2. The Bertz CT molecular complexity index is 1580. The van der Waals surface area contributed by atoms with Gasteiger partial charge < -0.3 is 15.2 Å². The number of likely N-dealkylation sites (N-methyl/N-ethyl adjacent to an activating group) is 1. The summed E-state index contributed by atoms with van der Waals surface area (Å²) < 4.78 is 0. The third-order valence-corrected chi connectivity index (χ3v) is 8.41. The molecule has 6 rings (SSSR count). The first-order valence-corrected chi connectivity index (χ1v) is 13.5. The molecule has 2 amide bonds. The predicted molar refractivity (Wildman–Crippen MR) is 151 cm³/mol. The first-order valence-electron chi connectivity index (χ1n) is 13.1. The highest BCUT2D eigenvalue weighted by Gasteiger charge is 2.55. The number of halogens is 1. The third kappa shape index (κ3) is 4.28. The maximum Gasteiger partial charge on any atom is 0.270 e. The number of aromatic nitrogens is 3. The van der Waals surface area contributed by atoms with Crippen molar-refractivity contribution < 1.29 is 9.59 Å². The normalized spacial score (nSPS) is 21.8. The molecule has 1 aliphatic heterocycles. The summed E-state index contributed by atoms with van der Waals surface area (Å²) in [6.45, 7) is 4.99. The Hall–Kier alpha value is -3.75. The number of carbonyl (C=O) groups is 2. The van der Waals surface area contributed by atoms with Crippen LogP contribution in [-0.4, -0.2) is 69.3 Å². The molecule has 4 heterocycles. The Labute approximate surface area is 232 Å². The average molecular weight is 543 g/mol. The van der Waals surface area contributed by atoms with Gasteiger partial charge in [-0.2, -0.15) is 0 Å². The minimum absolute atomic E-state index is 0.0725. The van der Waals surface area contributed by atoms with Crippen LogP contribution < -0.4 is 5.32 Å². The van der Waals surface area contributed by atoms with Crippen molar-refractivity contribution in [3.63, 3.8) is 0 Å². The predicted octanol–water partition coefficient (Wildman–Crippen LogP) is 4.47. The fraction of sp³-hybridized carbons (Fsp3) is 0.333. The van der Waals surface area contributed by atoms with Gasteiger partial charge in [0.1, 0.15) is 11.3 Å². The van der Waals surface area contributed by atoms with Gasteiger partial charge in [0.15, 0.2) is 0 Å². The summed E-state index contributed by atoms with van der Waals surface area (Å²) >= 11 is 6.69.